The fourth-order valence-electron chi connectivity index (χ4n) is 2.53. The van der Waals surface area contributed by atoms with Gasteiger partial charge >= 0.3 is 5.97 Å². The molecule has 1 fully saturated rings. The van der Waals surface area contributed by atoms with Crippen LogP contribution in [-0.4, -0.2) is 67.0 Å². The third-order valence-corrected chi connectivity index (χ3v) is 6.09. The molecule has 1 saturated heterocycles. The summed E-state index contributed by atoms with van der Waals surface area (Å²) in [4.78, 5) is 24.9. The van der Waals surface area contributed by atoms with Crippen molar-refractivity contribution in [2.45, 2.75) is 44.7 Å². The zero-order valence-corrected chi connectivity index (χ0v) is 13.6. The third-order valence-electron chi connectivity index (χ3n) is 4.34. The van der Waals surface area contributed by atoms with Crippen molar-refractivity contribution < 1.29 is 23.1 Å². The summed E-state index contributed by atoms with van der Waals surface area (Å²) in [6, 6.07) is -0.313. The van der Waals surface area contributed by atoms with Crippen molar-refractivity contribution in [3.8, 4) is 0 Å². The number of hydrogen-bond donors (Lipinski definition) is 2. The summed E-state index contributed by atoms with van der Waals surface area (Å²) in [5.41, 5.74) is -1.11. The van der Waals surface area contributed by atoms with Gasteiger partial charge in [-0.05, 0) is 19.3 Å². The maximum atomic E-state index is 12.1. The van der Waals surface area contributed by atoms with E-state index < -0.39 is 21.3 Å². The largest absolute Gasteiger partial charge is 0.480 e. The summed E-state index contributed by atoms with van der Waals surface area (Å²) in [7, 11) is -1.48. The van der Waals surface area contributed by atoms with E-state index in [2.05, 4.69) is 5.32 Å². The standard InChI is InChI=1S/C13H24N2O5S/c1-4-13(5-2,12(17)18)14-8-11(16)15(3)10-6-7-21(19,20)9-10/h10,14H,4-9H2,1-3H3,(H,17,18). The lowest BCUT2D eigenvalue weighted by atomic mass is 9.93. The number of aliphatic carboxylic acids is 1. The number of amides is 1. The molecule has 1 heterocycles. The Balaban J connectivity index is 2.63. The number of sulfone groups is 1. The number of carboxylic acids is 1. The summed E-state index contributed by atoms with van der Waals surface area (Å²) in [6.45, 7) is 3.39. The van der Waals surface area contributed by atoms with Crippen LogP contribution in [0.1, 0.15) is 33.1 Å². The normalized spacial score (nSPS) is 21.2. The van der Waals surface area contributed by atoms with Gasteiger partial charge in [0, 0.05) is 13.1 Å². The topological polar surface area (TPSA) is 104 Å². The van der Waals surface area contributed by atoms with Crippen LogP contribution in [0.25, 0.3) is 0 Å². The number of nitrogens with zero attached hydrogens (tertiary/aromatic N) is 1. The van der Waals surface area contributed by atoms with Crippen LogP contribution in [0.5, 0.6) is 0 Å². The molecule has 0 saturated carbocycles. The summed E-state index contributed by atoms with van der Waals surface area (Å²) >= 11 is 0. The maximum absolute atomic E-state index is 12.1. The second kappa shape index (κ2) is 6.74. The second-order valence-corrected chi connectivity index (χ2v) is 7.74. The minimum atomic E-state index is -3.05. The van der Waals surface area contributed by atoms with E-state index in [-0.39, 0.29) is 30.0 Å². The Morgan fingerprint density at radius 1 is 1.33 bits per heavy atom. The van der Waals surface area contributed by atoms with Gasteiger partial charge in [0.2, 0.25) is 5.91 Å². The number of carbonyl (C=O) groups excluding carboxylic acids is 1. The highest BCUT2D eigenvalue weighted by Crippen LogP contribution is 2.18. The average molecular weight is 320 g/mol. The maximum Gasteiger partial charge on any atom is 0.323 e. The highest BCUT2D eigenvalue weighted by Gasteiger charge is 2.36. The smallest absolute Gasteiger partial charge is 0.323 e. The molecule has 1 amide bonds. The van der Waals surface area contributed by atoms with Crippen LogP contribution in [-0.2, 0) is 19.4 Å². The van der Waals surface area contributed by atoms with E-state index in [4.69, 9.17) is 0 Å². The van der Waals surface area contributed by atoms with Crippen LogP contribution in [0.15, 0.2) is 0 Å². The Morgan fingerprint density at radius 2 is 1.90 bits per heavy atom. The van der Waals surface area contributed by atoms with Gasteiger partial charge in [-0.1, -0.05) is 13.8 Å². The minimum absolute atomic E-state index is 0.0130. The molecule has 8 heteroatoms. The van der Waals surface area contributed by atoms with Crippen LogP contribution < -0.4 is 5.32 Å². The van der Waals surface area contributed by atoms with Gasteiger partial charge in [0.15, 0.2) is 9.84 Å². The molecule has 0 aliphatic carbocycles. The lowest BCUT2D eigenvalue weighted by Crippen LogP contribution is -2.55. The van der Waals surface area contributed by atoms with Crippen LogP contribution in [0.2, 0.25) is 0 Å². The second-order valence-electron chi connectivity index (χ2n) is 5.51. The molecular weight excluding hydrogens is 296 g/mol. The molecule has 21 heavy (non-hydrogen) atoms. The number of rotatable bonds is 7. The summed E-state index contributed by atoms with van der Waals surface area (Å²) < 4.78 is 22.9. The number of carboxylic acid groups (broad SMARTS) is 1. The number of nitrogens with one attached hydrogen (secondary N) is 1. The molecule has 7 nitrogen and oxygen atoms in total. The van der Waals surface area contributed by atoms with Crippen LogP contribution in [0, 0.1) is 0 Å². The molecule has 2 N–H and O–H groups in total. The molecule has 122 valence electrons. The van der Waals surface area contributed by atoms with E-state index in [1.807, 2.05) is 0 Å². The van der Waals surface area contributed by atoms with Gasteiger partial charge < -0.3 is 10.0 Å². The molecule has 1 aliphatic heterocycles. The summed E-state index contributed by atoms with van der Waals surface area (Å²) in [6.07, 6.45) is 1.18. The molecule has 1 atom stereocenters. The molecule has 1 rings (SSSR count). The van der Waals surface area contributed by atoms with Gasteiger partial charge in [0.25, 0.3) is 0 Å². The van der Waals surface area contributed by atoms with E-state index in [0.717, 1.165) is 0 Å². The number of hydrogen-bond acceptors (Lipinski definition) is 5. The van der Waals surface area contributed by atoms with Crippen molar-refractivity contribution >= 4 is 21.7 Å². The summed E-state index contributed by atoms with van der Waals surface area (Å²) in [5, 5.41) is 12.1. The monoisotopic (exact) mass is 320 g/mol. The Labute approximate surface area is 125 Å². The highest BCUT2D eigenvalue weighted by atomic mass is 32.2. The molecule has 1 unspecified atom stereocenters. The van der Waals surface area contributed by atoms with Gasteiger partial charge in [-0.2, -0.15) is 0 Å². The quantitative estimate of drug-likeness (QED) is 0.677. The van der Waals surface area contributed by atoms with Crippen molar-refractivity contribution in [3.63, 3.8) is 0 Å². The van der Waals surface area contributed by atoms with E-state index in [1.54, 1.807) is 20.9 Å². The number of carbonyl (C=O) groups is 2. The molecular formula is C13H24N2O5S. The first-order valence-corrected chi connectivity index (χ1v) is 8.94. The van der Waals surface area contributed by atoms with E-state index >= 15 is 0 Å². The molecule has 1 aliphatic rings. The Hall–Kier alpha value is -1.15. The Morgan fingerprint density at radius 3 is 2.29 bits per heavy atom. The fourth-order valence-corrected chi connectivity index (χ4v) is 4.31. The lowest BCUT2D eigenvalue weighted by Gasteiger charge is -2.30. The van der Waals surface area contributed by atoms with Crippen molar-refractivity contribution in [1.29, 1.82) is 0 Å². The van der Waals surface area contributed by atoms with Crippen molar-refractivity contribution in [3.05, 3.63) is 0 Å². The predicted octanol–water partition coefficient (Wildman–Crippen LogP) is -0.135. The van der Waals surface area contributed by atoms with Gasteiger partial charge in [-0.3, -0.25) is 14.9 Å². The van der Waals surface area contributed by atoms with Crippen molar-refractivity contribution in [2.24, 2.45) is 0 Å². The van der Waals surface area contributed by atoms with Gasteiger partial charge in [0.05, 0.1) is 18.1 Å². The average Bonchev–Trinajstić information content (AvgIpc) is 2.79. The predicted molar refractivity (Wildman–Crippen MR) is 78.8 cm³/mol. The van der Waals surface area contributed by atoms with E-state index in [1.165, 1.54) is 4.90 Å². The first-order valence-electron chi connectivity index (χ1n) is 7.12. The molecule has 0 bridgehead atoms. The third kappa shape index (κ3) is 4.16. The first-order chi connectivity index (χ1) is 9.67. The van der Waals surface area contributed by atoms with Crippen molar-refractivity contribution in [1.82, 2.24) is 10.2 Å². The fraction of sp³-hybridized carbons (Fsp3) is 0.846. The van der Waals surface area contributed by atoms with Crippen molar-refractivity contribution in [2.75, 3.05) is 25.1 Å². The van der Waals surface area contributed by atoms with E-state index in [0.29, 0.717) is 19.3 Å². The Kier molecular flexibility index (Phi) is 5.75. The summed E-state index contributed by atoms with van der Waals surface area (Å²) in [5.74, 6) is -1.18. The zero-order valence-electron chi connectivity index (χ0n) is 12.8. The van der Waals surface area contributed by atoms with Gasteiger partial charge in [-0.25, -0.2) is 8.42 Å². The lowest BCUT2D eigenvalue weighted by molar-refractivity contribution is -0.145. The van der Waals surface area contributed by atoms with Gasteiger partial charge in [0.1, 0.15) is 5.54 Å². The molecule has 0 aromatic rings. The highest BCUT2D eigenvalue weighted by molar-refractivity contribution is 7.91. The molecule has 0 radical (unpaired) electrons. The first kappa shape index (κ1) is 17.9. The Bertz CT molecular complexity index is 499. The SMILES string of the molecule is CCC(CC)(NCC(=O)N(C)C1CCS(=O)(=O)C1)C(=O)O. The van der Waals surface area contributed by atoms with Gasteiger partial charge in [-0.15, -0.1) is 0 Å². The zero-order chi connectivity index (χ0) is 16.3. The molecule has 0 spiro atoms. The van der Waals surface area contributed by atoms with E-state index in [9.17, 15) is 23.1 Å². The molecule has 0 aromatic heterocycles. The molecule has 0 aromatic carbocycles. The van der Waals surface area contributed by atoms with Crippen LogP contribution in [0.3, 0.4) is 0 Å². The number of likely N-dealkylation sites (N-methyl/N-ethyl adjacent to an activating group) is 1. The van der Waals surface area contributed by atoms with Crippen LogP contribution >= 0.6 is 0 Å². The minimum Gasteiger partial charge on any atom is -0.480 e. The van der Waals surface area contributed by atoms with Crippen LogP contribution in [0.4, 0.5) is 0 Å².